The summed E-state index contributed by atoms with van der Waals surface area (Å²) in [4.78, 5) is 43.3. The molecule has 0 amide bonds. The van der Waals surface area contributed by atoms with Gasteiger partial charge in [0.05, 0.1) is 29.1 Å². The van der Waals surface area contributed by atoms with E-state index < -0.39 is 22.4 Å². The van der Waals surface area contributed by atoms with Crippen LogP contribution in [0.4, 0.5) is 11.5 Å². The lowest BCUT2D eigenvalue weighted by Gasteiger charge is -2.28. The first-order valence-corrected chi connectivity index (χ1v) is 9.91. The molecule has 1 aromatic carbocycles. The molecule has 2 aromatic rings. The second kappa shape index (κ2) is 8.26. The molecule has 0 saturated heterocycles. The van der Waals surface area contributed by atoms with E-state index in [4.69, 9.17) is 16.3 Å². The van der Waals surface area contributed by atoms with Crippen LogP contribution in [0.25, 0.3) is 0 Å². The van der Waals surface area contributed by atoms with E-state index in [0.717, 1.165) is 0 Å². The number of esters is 1. The maximum Gasteiger partial charge on any atom is 0.336 e. The van der Waals surface area contributed by atoms with Crippen LogP contribution < -0.4 is 10.9 Å². The zero-order chi connectivity index (χ0) is 21.3. The third-order valence-corrected chi connectivity index (χ3v) is 5.48. The molecule has 2 N–H and O–H groups in total. The number of benzene rings is 1. The van der Waals surface area contributed by atoms with E-state index in [9.17, 15) is 19.7 Å². The lowest BCUT2D eigenvalue weighted by molar-refractivity contribution is -0.384. The summed E-state index contributed by atoms with van der Waals surface area (Å²) in [6.07, 6.45) is 0. The number of methoxy groups -OCH3 is 1. The number of hydrogen-bond acceptors (Lipinski definition) is 8. The molecule has 11 heteroatoms. The van der Waals surface area contributed by atoms with Gasteiger partial charge in [-0.1, -0.05) is 36.4 Å². The Bertz CT molecular complexity index is 1100. The maximum atomic E-state index is 12.9. The van der Waals surface area contributed by atoms with Gasteiger partial charge in [-0.2, -0.15) is 0 Å². The van der Waals surface area contributed by atoms with Crippen LogP contribution >= 0.6 is 23.4 Å². The number of nitro benzene ring substituents is 1. The number of allylic oxidation sites excluding steroid dienone is 1. The smallest absolute Gasteiger partial charge is 0.336 e. The lowest BCUT2D eigenvalue weighted by atomic mass is 9.82. The molecule has 0 radical (unpaired) electrons. The number of nitrogens with one attached hydrogen (secondary N) is 2. The van der Waals surface area contributed by atoms with Crippen molar-refractivity contribution in [3.8, 4) is 0 Å². The number of aromatic nitrogens is 2. The van der Waals surface area contributed by atoms with E-state index in [1.807, 2.05) is 6.92 Å². The minimum Gasteiger partial charge on any atom is -0.466 e. The molecule has 9 nitrogen and oxygen atoms in total. The average Bonchev–Trinajstić information content (AvgIpc) is 2.66. The van der Waals surface area contributed by atoms with Gasteiger partial charge in [0.25, 0.3) is 11.2 Å². The van der Waals surface area contributed by atoms with Gasteiger partial charge in [0, 0.05) is 11.8 Å². The normalized spacial score (nSPS) is 15.5. The molecule has 0 saturated carbocycles. The number of rotatable bonds is 5. The molecule has 0 spiro atoms. The summed E-state index contributed by atoms with van der Waals surface area (Å²) >= 11 is 7.29. The fraction of sp³-hybridized carbons (Fsp3) is 0.278. The van der Waals surface area contributed by atoms with Crippen LogP contribution in [0.1, 0.15) is 30.9 Å². The zero-order valence-corrected chi connectivity index (χ0v) is 17.3. The van der Waals surface area contributed by atoms with Crippen LogP contribution in [0.2, 0.25) is 5.02 Å². The van der Waals surface area contributed by atoms with E-state index >= 15 is 0 Å². The molecular formula is C18H17ClN4O5S. The number of halogens is 1. The monoisotopic (exact) mass is 436 g/mol. The average molecular weight is 437 g/mol. The number of nitro groups is 1. The predicted molar refractivity (Wildman–Crippen MR) is 110 cm³/mol. The number of carbonyl (C=O) groups excluding carboxylic acids is 1. The number of hydrogen-bond donors (Lipinski definition) is 2. The van der Waals surface area contributed by atoms with E-state index in [2.05, 4.69) is 15.3 Å². The molecule has 29 heavy (non-hydrogen) atoms. The van der Waals surface area contributed by atoms with Crippen molar-refractivity contribution in [2.45, 2.75) is 24.9 Å². The second-order valence-electron chi connectivity index (χ2n) is 6.12. The summed E-state index contributed by atoms with van der Waals surface area (Å²) in [5, 5.41) is 14.7. The number of nitrogens with zero attached hydrogens (tertiary/aromatic N) is 2. The second-order valence-corrected chi connectivity index (χ2v) is 7.78. The Hall–Kier alpha value is -2.85. The molecule has 3 rings (SSSR count). The molecule has 0 fully saturated rings. The quantitative estimate of drug-likeness (QED) is 0.240. The van der Waals surface area contributed by atoms with Gasteiger partial charge >= 0.3 is 5.97 Å². The van der Waals surface area contributed by atoms with Gasteiger partial charge in [-0.15, -0.1) is 0 Å². The van der Waals surface area contributed by atoms with Gasteiger partial charge in [-0.3, -0.25) is 14.9 Å². The molecule has 1 unspecified atom stereocenters. The Morgan fingerprint density at radius 1 is 1.45 bits per heavy atom. The van der Waals surface area contributed by atoms with Crippen LogP contribution in [0.5, 0.6) is 0 Å². The highest BCUT2D eigenvalue weighted by Crippen LogP contribution is 2.41. The first-order valence-electron chi connectivity index (χ1n) is 8.55. The van der Waals surface area contributed by atoms with Crippen LogP contribution in [-0.2, 0) is 9.53 Å². The molecule has 1 aliphatic rings. The Morgan fingerprint density at radius 2 is 2.17 bits per heavy atom. The molecule has 0 bridgehead atoms. The number of H-pyrrole nitrogens is 1. The van der Waals surface area contributed by atoms with E-state index in [0.29, 0.717) is 22.2 Å². The molecule has 1 atom stereocenters. The van der Waals surface area contributed by atoms with Gasteiger partial charge in [-0.05, 0) is 24.3 Å². The van der Waals surface area contributed by atoms with Gasteiger partial charge in [0.2, 0.25) is 0 Å². The van der Waals surface area contributed by atoms with Crippen molar-refractivity contribution >= 4 is 40.8 Å². The molecule has 1 aromatic heterocycles. The summed E-state index contributed by atoms with van der Waals surface area (Å²) in [5.41, 5.74) is 0.362. The molecule has 1 aliphatic heterocycles. The van der Waals surface area contributed by atoms with Crippen molar-refractivity contribution in [2.24, 2.45) is 0 Å². The summed E-state index contributed by atoms with van der Waals surface area (Å²) in [7, 11) is 1.23. The minimum atomic E-state index is -0.911. The van der Waals surface area contributed by atoms with Crippen LogP contribution in [-0.4, -0.2) is 33.7 Å². The minimum absolute atomic E-state index is 0.0463. The Labute approximate surface area is 174 Å². The number of anilines is 1. The number of ether oxygens (including phenoxy) is 1. The third-order valence-electron chi connectivity index (χ3n) is 4.41. The lowest BCUT2D eigenvalue weighted by Crippen LogP contribution is -2.31. The number of thioether (sulfide) groups is 1. The van der Waals surface area contributed by atoms with E-state index in [-0.39, 0.29) is 27.7 Å². The number of carbonyl (C=O) groups is 1. The number of aromatic amines is 1. The van der Waals surface area contributed by atoms with Gasteiger partial charge < -0.3 is 15.0 Å². The highest BCUT2D eigenvalue weighted by atomic mass is 35.5. The van der Waals surface area contributed by atoms with Gasteiger partial charge in [0.15, 0.2) is 5.16 Å². The Kier molecular flexibility index (Phi) is 5.94. The fourth-order valence-electron chi connectivity index (χ4n) is 3.20. The van der Waals surface area contributed by atoms with Gasteiger partial charge in [0.1, 0.15) is 10.8 Å². The summed E-state index contributed by atoms with van der Waals surface area (Å²) in [5.74, 6) is -0.574. The van der Waals surface area contributed by atoms with Crippen molar-refractivity contribution in [1.82, 2.24) is 9.97 Å². The Morgan fingerprint density at radius 3 is 2.79 bits per heavy atom. The highest BCUT2D eigenvalue weighted by Gasteiger charge is 2.37. The van der Waals surface area contributed by atoms with Crippen molar-refractivity contribution in [2.75, 3.05) is 18.2 Å². The fourth-order valence-corrected chi connectivity index (χ4v) is 3.98. The largest absolute Gasteiger partial charge is 0.466 e. The standard InChI is InChI=1S/C18H17ClN4O5S/c1-4-29-18-21-15-14(16(24)22-18)13(12(8(2)20-15)17(25)28-3)9-5-6-10(19)11(7-9)23(26)27/h5-7,13H,4H2,1-3H3,(H2,20,21,22,24). The van der Waals surface area contributed by atoms with Crippen molar-refractivity contribution in [1.29, 1.82) is 0 Å². The molecule has 2 heterocycles. The summed E-state index contributed by atoms with van der Waals surface area (Å²) in [6, 6.07) is 4.16. The van der Waals surface area contributed by atoms with Crippen LogP contribution in [0.3, 0.4) is 0 Å². The summed E-state index contributed by atoms with van der Waals surface area (Å²) in [6.45, 7) is 3.58. The zero-order valence-electron chi connectivity index (χ0n) is 15.7. The molecular weight excluding hydrogens is 420 g/mol. The van der Waals surface area contributed by atoms with Crippen LogP contribution in [0.15, 0.2) is 39.4 Å². The molecule has 0 aliphatic carbocycles. The van der Waals surface area contributed by atoms with E-state index in [1.165, 1.54) is 31.0 Å². The predicted octanol–water partition coefficient (Wildman–Crippen LogP) is 3.45. The first-order chi connectivity index (χ1) is 13.8. The summed E-state index contributed by atoms with van der Waals surface area (Å²) < 4.78 is 4.90. The van der Waals surface area contributed by atoms with Crippen molar-refractivity contribution in [3.05, 3.63) is 66.1 Å². The van der Waals surface area contributed by atoms with Crippen molar-refractivity contribution < 1.29 is 14.5 Å². The topological polar surface area (TPSA) is 127 Å². The Balaban J connectivity index is 2.30. The third kappa shape index (κ3) is 3.85. The maximum absolute atomic E-state index is 12.9. The highest BCUT2D eigenvalue weighted by molar-refractivity contribution is 7.99. The van der Waals surface area contributed by atoms with Gasteiger partial charge in [-0.25, -0.2) is 9.78 Å². The van der Waals surface area contributed by atoms with Crippen molar-refractivity contribution in [3.63, 3.8) is 0 Å². The number of fused-ring (bicyclic) bond motifs is 1. The molecule has 152 valence electrons. The van der Waals surface area contributed by atoms with E-state index in [1.54, 1.807) is 13.0 Å². The SMILES string of the molecule is CCSc1nc2c(c(=O)[nH]1)C(c1ccc(Cl)c([N+](=O)[O-])c1)C(C(=O)OC)=C(C)N2. The first kappa shape index (κ1) is 20.9. The van der Waals surface area contributed by atoms with Crippen LogP contribution in [0, 0.1) is 10.1 Å².